The zero-order valence-corrected chi connectivity index (χ0v) is 10.3. The first-order chi connectivity index (χ1) is 8.33. The monoisotopic (exact) mass is 231 g/mol. The van der Waals surface area contributed by atoms with Gasteiger partial charge in [-0.3, -0.25) is 0 Å². The molecule has 1 unspecified atom stereocenters. The van der Waals surface area contributed by atoms with Crippen molar-refractivity contribution in [3.63, 3.8) is 0 Å². The van der Waals surface area contributed by atoms with E-state index in [-0.39, 0.29) is 0 Å². The fourth-order valence-corrected chi connectivity index (χ4v) is 2.83. The molecule has 0 radical (unpaired) electrons. The zero-order chi connectivity index (χ0) is 11.7. The van der Waals surface area contributed by atoms with Gasteiger partial charge in [-0.15, -0.1) is 0 Å². The highest BCUT2D eigenvalue weighted by Gasteiger charge is 2.24. The fourth-order valence-electron chi connectivity index (χ4n) is 2.83. The van der Waals surface area contributed by atoms with Crippen molar-refractivity contribution in [1.82, 2.24) is 0 Å². The SMILES string of the molecule is NC(CCc1ccc2c(c1)CCO2)C1CCC1. The first kappa shape index (κ1) is 11.1. The Bertz CT molecular complexity index is 398. The molecule has 2 aliphatic rings. The summed E-state index contributed by atoms with van der Waals surface area (Å²) in [5.41, 5.74) is 9.01. The van der Waals surface area contributed by atoms with E-state index in [4.69, 9.17) is 10.5 Å². The van der Waals surface area contributed by atoms with Crippen molar-refractivity contribution in [1.29, 1.82) is 0 Å². The standard InChI is InChI=1S/C15H21NO/c16-14(12-2-1-3-12)6-4-11-5-7-15-13(10-11)8-9-17-15/h5,7,10,12,14H,1-4,6,8-9,16H2. The van der Waals surface area contributed by atoms with Crippen LogP contribution in [0.5, 0.6) is 5.75 Å². The van der Waals surface area contributed by atoms with Gasteiger partial charge in [0.2, 0.25) is 0 Å². The molecule has 1 aliphatic heterocycles. The number of hydrogen-bond donors (Lipinski definition) is 1. The molecule has 0 aromatic heterocycles. The summed E-state index contributed by atoms with van der Waals surface area (Å²) >= 11 is 0. The van der Waals surface area contributed by atoms with E-state index in [9.17, 15) is 0 Å². The summed E-state index contributed by atoms with van der Waals surface area (Å²) in [6, 6.07) is 7.02. The second-order valence-electron chi connectivity index (χ2n) is 5.43. The molecule has 1 aromatic carbocycles. The molecule has 0 bridgehead atoms. The molecule has 0 amide bonds. The van der Waals surface area contributed by atoms with E-state index < -0.39 is 0 Å². The molecule has 2 nitrogen and oxygen atoms in total. The molecule has 2 N–H and O–H groups in total. The Hall–Kier alpha value is -1.02. The van der Waals surface area contributed by atoms with E-state index in [1.165, 1.54) is 30.4 Å². The van der Waals surface area contributed by atoms with Gasteiger partial charge in [-0.1, -0.05) is 18.6 Å². The minimum atomic E-state index is 0.410. The van der Waals surface area contributed by atoms with Crippen LogP contribution in [0.1, 0.15) is 36.8 Å². The maximum Gasteiger partial charge on any atom is 0.122 e. The summed E-state index contributed by atoms with van der Waals surface area (Å²) < 4.78 is 5.52. The molecular formula is C15H21NO. The molecular weight excluding hydrogens is 210 g/mol. The van der Waals surface area contributed by atoms with Gasteiger partial charge in [0.25, 0.3) is 0 Å². The number of hydrogen-bond acceptors (Lipinski definition) is 2. The largest absolute Gasteiger partial charge is 0.493 e. The normalized spacial score (nSPS) is 20.5. The van der Waals surface area contributed by atoms with Gasteiger partial charge >= 0.3 is 0 Å². The molecule has 17 heavy (non-hydrogen) atoms. The van der Waals surface area contributed by atoms with Crippen molar-refractivity contribution in [2.75, 3.05) is 6.61 Å². The van der Waals surface area contributed by atoms with Crippen LogP contribution < -0.4 is 10.5 Å². The maximum absolute atomic E-state index is 6.21. The van der Waals surface area contributed by atoms with Crippen molar-refractivity contribution in [3.05, 3.63) is 29.3 Å². The van der Waals surface area contributed by atoms with E-state index in [1.54, 1.807) is 0 Å². The second kappa shape index (κ2) is 4.69. The summed E-state index contributed by atoms with van der Waals surface area (Å²) in [7, 11) is 0. The van der Waals surface area contributed by atoms with Gasteiger partial charge in [0.15, 0.2) is 0 Å². The second-order valence-corrected chi connectivity index (χ2v) is 5.43. The lowest BCUT2D eigenvalue weighted by atomic mass is 9.78. The predicted octanol–water partition coefficient (Wildman–Crippen LogP) is 2.68. The Morgan fingerprint density at radius 2 is 2.24 bits per heavy atom. The van der Waals surface area contributed by atoms with Crippen LogP contribution in [0, 0.1) is 5.92 Å². The van der Waals surface area contributed by atoms with E-state index in [1.807, 2.05) is 0 Å². The van der Waals surface area contributed by atoms with Crippen LogP contribution in [0.3, 0.4) is 0 Å². The van der Waals surface area contributed by atoms with Gasteiger partial charge < -0.3 is 10.5 Å². The molecule has 0 spiro atoms. The van der Waals surface area contributed by atoms with Crippen molar-refractivity contribution in [2.45, 2.75) is 44.6 Å². The molecule has 92 valence electrons. The Morgan fingerprint density at radius 1 is 1.35 bits per heavy atom. The molecule has 1 heterocycles. The molecule has 3 rings (SSSR count). The Labute approximate surface area is 103 Å². The van der Waals surface area contributed by atoms with E-state index in [0.29, 0.717) is 6.04 Å². The third-order valence-corrected chi connectivity index (χ3v) is 4.28. The van der Waals surface area contributed by atoms with E-state index in [2.05, 4.69) is 18.2 Å². The Balaban J connectivity index is 1.57. The van der Waals surface area contributed by atoms with Gasteiger partial charge in [0.1, 0.15) is 5.75 Å². The summed E-state index contributed by atoms with van der Waals surface area (Å²) in [5, 5.41) is 0. The van der Waals surface area contributed by atoms with E-state index >= 15 is 0 Å². The molecule has 1 aliphatic carbocycles. The number of fused-ring (bicyclic) bond motifs is 1. The quantitative estimate of drug-likeness (QED) is 0.864. The highest BCUT2D eigenvalue weighted by atomic mass is 16.5. The third-order valence-electron chi connectivity index (χ3n) is 4.28. The van der Waals surface area contributed by atoms with Gasteiger partial charge in [-0.25, -0.2) is 0 Å². The molecule has 0 saturated heterocycles. The van der Waals surface area contributed by atoms with Crippen LogP contribution in [0.15, 0.2) is 18.2 Å². The lowest BCUT2D eigenvalue weighted by Gasteiger charge is -2.31. The highest BCUT2D eigenvalue weighted by Crippen LogP contribution is 2.31. The fraction of sp³-hybridized carbons (Fsp3) is 0.600. The van der Waals surface area contributed by atoms with Crippen molar-refractivity contribution in [3.8, 4) is 5.75 Å². The lowest BCUT2D eigenvalue weighted by Crippen LogP contribution is -2.34. The van der Waals surface area contributed by atoms with Crippen LogP contribution in [0.4, 0.5) is 0 Å². The van der Waals surface area contributed by atoms with Gasteiger partial charge in [0.05, 0.1) is 6.61 Å². The van der Waals surface area contributed by atoms with Crippen LogP contribution in [0.2, 0.25) is 0 Å². The van der Waals surface area contributed by atoms with Crippen LogP contribution >= 0.6 is 0 Å². The van der Waals surface area contributed by atoms with Crippen LogP contribution in [-0.4, -0.2) is 12.6 Å². The summed E-state index contributed by atoms with van der Waals surface area (Å²) in [6.07, 6.45) is 7.39. The predicted molar refractivity (Wildman–Crippen MR) is 69.3 cm³/mol. The molecule has 1 saturated carbocycles. The van der Waals surface area contributed by atoms with Crippen molar-refractivity contribution >= 4 is 0 Å². The minimum Gasteiger partial charge on any atom is -0.493 e. The number of nitrogens with two attached hydrogens (primary N) is 1. The number of benzene rings is 1. The van der Waals surface area contributed by atoms with Gasteiger partial charge in [-0.05, 0) is 48.8 Å². The smallest absolute Gasteiger partial charge is 0.122 e. The average molecular weight is 231 g/mol. The molecule has 1 atom stereocenters. The van der Waals surface area contributed by atoms with Crippen molar-refractivity contribution in [2.24, 2.45) is 11.7 Å². The maximum atomic E-state index is 6.21. The highest BCUT2D eigenvalue weighted by molar-refractivity contribution is 5.39. The molecule has 1 fully saturated rings. The number of aryl methyl sites for hydroxylation is 1. The Kier molecular flexibility index (Phi) is 3.06. The Morgan fingerprint density at radius 3 is 3.00 bits per heavy atom. The number of rotatable bonds is 4. The summed E-state index contributed by atoms with van der Waals surface area (Å²) in [6.45, 7) is 0.848. The first-order valence-electron chi connectivity index (χ1n) is 6.83. The summed E-state index contributed by atoms with van der Waals surface area (Å²) in [4.78, 5) is 0. The number of ether oxygens (including phenoxy) is 1. The zero-order valence-electron chi connectivity index (χ0n) is 10.3. The van der Waals surface area contributed by atoms with Crippen LogP contribution in [-0.2, 0) is 12.8 Å². The average Bonchev–Trinajstić information content (AvgIpc) is 2.71. The van der Waals surface area contributed by atoms with Gasteiger partial charge in [0, 0.05) is 12.5 Å². The minimum absolute atomic E-state index is 0.410. The first-order valence-corrected chi connectivity index (χ1v) is 6.83. The lowest BCUT2D eigenvalue weighted by molar-refractivity contribution is 0.253. The third kappa shape index (κ3) is 2.32. The molecule has 2 heteroatoms. The van der Waals surface area contributed by atoms with Gasteiger partial charge in [-0.2, -0.15) is 0 Å². The molecule has 1 aromatic rings. The van der Waals surface area contributed by atoms with E-state index in [0.717, 1.165) is 37.5 Å². The summed E-state index contributed by atoms with van der Waals surface area (Å²) in [5.74, 6) is 1.88. The van der Waals surface area contributed by atoms with Crippen molar-refractivity contribution < 1.29 is 4.74 Å². The topological polar surface area (TPSA) is 35.2 Å². The van der Waals surface area contributed by atoms with Crippen LogP contribution in [0.25, 0.3) is 0 Å².